The number of fused-ring (bicyclic) bond motifs is 1. The van der Waals surface area contributed by atoms with Crippen LogP contribution in [0.4, 0.5) is 13.2 Å². The van der Waals surface area contributed by atoms with Crippen molar-refractivity contribution >= 4 is 37.0 Å². The number of rotatable bonds is 9. The molecule has 1 aliphatic heterocycles. The van der Waals surface area contributed by atoms with Crippen LogP contribution in [0.1, 0.15) is 35.2 Å². The largest absolute Gasteiger partial charge is 0.507 e. The molecule has 1 aromatic heterocycles. The number of thiophene rings is 1. The Hall–Kier alpha value is -3.61. The van der Waals surface area contributed by atoms with Crippen LogP contribution in [-0.4, -0.2) is 63.1 Å². The summed E-state index contributed by atoms with van der Waals surface area (Å²) in [5.41, 5.74) is -4.70. The summed E-state index contributed by atoms with van der Waals surface area (Å²) in [6.45, 7) is 3.41. The zero-order chi connectivity index (χ0) is 30.1. The number of phenols is 1. The third-order valence-electron chi connectivity index (χ3n) is 7.18. The van der Waals surface area contributed by atoms with Crippen LogP contribution >= 0.6 is 11.3 Å². The van der Waals surface area contributed by atoms with Gasteiger partial charge in [0.2, 0.25) is 0 Å². The van der Waals surface area contributed by atoms with Gasteiger partial charge in [0.05, 0.1) is 17.6 Å². The van der Waals surface area contributed by atoms with E-state index in [1.54, 1.807) is 48.5 Å². The van der Waals surface area contributed by atoms with Crippen molar-refractivity contribution in [1.29, 1.82) is 0 Å². The topological polar surface area (TPSA) is 93.1 Å². The molecule has 3 aromatic carbocycles. The number of sulfone groups is 1. The number of alkyl halides is 3. The van der Waals surface area contributed by atoms with Crippen LogP contribution in [-0.2, 0) is 9.84 Å². The molecule has 4 aromatic rings. The molecule has 0 amide bonds. The second-order valence-corrected chi connectivity index (χ2v) is 12.9. The maximum atomic E-state index is 13.9. The molecule has 0 unspecified atom stereocenters. The Bertz CT molecular complexity index is 1690. The van der Waals surface area contributed by atoms with Crippen LogP contribution in [0.3, 0.4) is 0 Å². The Balaban J connectivity index is 1.51. The number of methoxy groups -OCH3 is 1. The van der Waals surface area contributed by atoms with Crippen molar-refractivity contribution in [3.63, 3.8) is 0 Å². The summed E-state index contributed by atoms with van der Waals surface area (Å²) in [5.74, 6) is -0.106. The molecule has 2 heterocycles. The molecule has 0 radical (unpaired) electrons. The van der Waals surface area contributed by atoms with Crippen molar-refractivity contribution < 1.29 is 41.0 Å². The maximum Gasteiger partial charge on any atom is 0.501 e. The zero-order valence-electron chi connectivity index (χ0n) is 22.6. The van der Waals surface area contributed by atoms with Crippen molar-refractivity contribution in [3.8, 4) is 27.7 Å². The predicted molar refractivity (Wildman–Crippen MR) is 154 cm³/mol. The van der Waals surface area contributed by atoms with Gasteiger partial charge in [-0.25, -0.2) is 8.42 Å². The molecule has 1 saturated heterocycles. The number of ketones is 1. The molecule has 7 nitrogen and oxygen atoms in total. The number of halogens is 3. The van der Waals surface area contributed by atoms with Gasteiger partial charge in [0.15, 0.2) is 5.78 Å². The van der Waals surface area contributed by atoms with Gasteiger partial charge in [-0.05, 0) is 92.2 Å². The Morgan fingerprint density at radius 3 is 2.24 bits per heavy atom. The lowest BCUT2D eigenvalue weighted by atomic mass is 9.97. The highest BCUT2D eigenvalue weighted by Gasteiger charge is 2.47. The average Bonchev–Trinajstić information content (AvgIpc) is 3.37. The summed E-state index contributed by atoms with van der Waals surface area (Å²) >= 11 is 0.913. The molecule has 0 saturated carbocycles. The van der Waals surface area contributed by atoms with E-state index in [0.29, 0.717) is 34.6 Å². The predicted octanol–water partition coefficient (Wildman–Crippen LogP) is 6.67. The number of ether oxygens (including phenoxy) is 2. The van der Waals surface area contributed by atoms with E-state index in [1.165, 1.54) is 26.4 Å². The van der Waals surface area contributed by atoms with Crippen LogP contribution in [0.25, 0.3) is 20.5 Å². The van der Waals surface area contributed by atoms with E-state index in [0.717, 1.165) is 37.0 Å². The lowest BCUT2D eigenvalue weighted by Gasteiger charge is -2.26. The molecule has 5 rings (SSSR count). The fraction of sp³-hybridized carbons (Fsp3) is 0.300. The average molecular weight is 620 g/mol. The van der Waals surface area contributed by atoms with Gasteiger partial charge in [0.25, 0.3) is 9.84 Å². The van der Waals surface area contributed by atoms with Crippen molar-refractivity contribution in [3.05, 3.63) is 71.8 Å². The van der Waals surface area contributed by atoms with Gasteiger partial charge in [0, 0.05) is 27.1 Å². The van der Waals surface area contributed by atoms with Crippen LogP contribution in [0, 0.1) is 0 Å². The van der Waals surface area contributed by atoms with E-state index in [9.17, 15) is 31.5 Å². The van der Waals surface area contributed by atoms with Crippen LogP contribution in [0.15, 0.2) is 65.6 Å². The third-order valence-corrected chi connectivity index (χ3v) is 9.83. The second kappa shape index (κ2) is 11.9. The van der Waals surface area contributed by atoms with Crippen molar-refractivity contribution in [1.82, 2.24) is 4.90 Å². The number of nitrogens with zero attached hydrogens (tertiary/aromatic N) is 1. The molecule has 42 heavy (non-hydrogen) atoms. The number of benzene rings is 3. The van der Waals surface area contributed by atoms with Crippen LogP contribution < -0.4 is 9.47 Å². The Labute approximate surface area is 245 Å². The summed E-state index contributed by atoms with van der Waals surface area (Å²) in [6.07, 6.45) is 3.61. The number of hydrogen-bond donors (Lipinski definition) is 1. The second-order valence-electron chi connectivity index (χ2n) is 9.90. The van der Waals surface area contributed by atoms with Crippen LogP contribution in [0.5, 0.6) is 17.2 Å². The summed E-state index contributed by atoms with van der Waals surface area (Å²) in [5, 5.41) is 10.8. The first kappa shape index (κ1) is 29.9. The Kier molecular flexibility index (Phi) is 8.49. The molecular weight excluding hydrogens is 591 g/mol. The highest BCUT2D eigenvalue weighted by atomic mass is 32.2. The van der Waals surface area contributed by atoms with Gasteiger partial charge in [-0.3, -0.25) is 9.69 Å². The third kappa shape index (κ3) is 5.97. The van der Waals surface area contributed by atoms with Gasteiger partial charge in [-0.2, -0.15) is 13.2 Å². The molecular formula is C30H28F3NO6S2. The molecule has 1 N–H and O–H groups in total. The minimum absolute atomic E-state index is 0.0182. The molecule has 0 atom stereocenters. The van der Waals surface area contributed by atoms with E-state index in [1.807, 2.05) is 0 Å². The first-order chi connectivity index (χ1) is 20.0. The summed E-state index contributed by atoms with van der Waals surface area (Å²) in [4.78, 5) is 15.5. The van der Waals surface area contributed by atoms with E-state index in [4.69, 9.17) is 9.47 Å². The smallest absolute Gasteiger partial charge is 0.501 e. The lowest BCUT2D eigenvalue weighted by Crippen LogP contribution is -2.33. The summed E-state index contributed by atoms with van der Waals surface area (Å²) < 4.78 is 75.1. The first-order valence-electron chi connectivity index (χ1n) is 13.2. The molecule has 222 valence electrons. The Morgan fingerprint density at radius 2 is 1.62 bits per heavy atom. The minimum atomic E-state index is -5.73. The number of piperidine rings is 1. The van der Waals surface area contributed by atoms with Crippen LogP contribution in [0.2, 0.25) is 0 Å². The quantitative estimate of drug-likeness (QED) is 0.209. The van der Waals surface area contributed by atoms with E-state index in [2.05, 4.69) is 4.90 Å². The molecule has 0 aliphatic carbocycles. The lowest BCUT2D eigenvalue weighted by molar-refractivity contribution is -0.0436. The Morgan fingerprint density at radius 1 is 0.976 bits per heavy atom. The number of carbonyl (C=O) groups excluding carboxylic acids is 1. The number of hydrogen-bond acceptors (Lipinski definition) is 8. The molecule has 0 spiro atoms. The minimum Gasteiger partial charge on any atom is -0.507 e. The van der Waals surface area contributed by atoms with Gasteiger partial charge in [-0.15, -0.1) is 11.3 Å². The molecule has 0 bridgehead atoms. The zero-order valence-corrected chi connectivity index (χ0v) is 24.2. The number of phenolic OH excluding ortho intramolecular Hbond substituents is 1. The SMILES string of the molecule is COc1ccc(-c2sc3cc(S(=O)(=O)C(F)(F)F)cc(O)c3c2C(=O)c2ccc(OCCN3CCCCC3)cc2)cc1. The highest BCUT2D eigenvalue weighted by Crippen LogP contribution is 2.46. The normalized spacial score (nSPS) is 14.7. The van der Waals surface area contributed by atoms with Crippen molar-refractivity contribution in [2.24, 2.45) is 0 Å². The summed E-state index contributed by atoms with van der Waals surface area (Å²) in [7, 11) is -4.24. The highest BCUT2D eigenvalue weighted by molar-refractivity contribution is 7.92. The molecule has 12 heteroatoms. The van der Waals surface area contributed by atoms with Gasteiger partial charge in [0.1, 0.15) is 23.9 Å². The standard InChI is InChI=1S/C30H28F3NO6S2/c1-39-21-9-7-20(8-10-21)29-27(26-24(35)17-23(18-25(26)41-29)42(37,38)30(31,32)33)28(36)19-5-11-22(12-6-19)40-16-15-34-13-3-2-4-14-34/h5-12,17-18,35H,2-4,13-16H2,1H3. The fourth-order valence-electron chi connectivity index (χ4n) is 4.96. The van der Waals surface area contributed by atoms with E-state index < -0.39 is 31.8 Å². The monoisotopic (exact) mass is 619 g/mol. The number of aromatic hydroxyl groups is 1. The number of likely N-dealkylation sites (tertiary alicyclic amines) is 1. The van der Waals surface area contributed by atoms with Gasteiger partial charge >= 0.3 is 5.51 Å². The van der Waals surface area contributed by atoms with Crippen molar-refractivity contribution in [2.45, 2.75) is 29.7 Å². The number of carbonyl (C=O) groups is 1. The van der Waals surface area contributed by atoms with Gasteiger partial charge < -0.3 is 14.6 Å². The van der Waals surface area contributed by atoms with Gasteiger partial charge in [-0.1, -0.05) is 6.42 Å². The van der Waals surface area contributed by atoms with E-state index >= 15 is 0 Å². The van der Waals surface area contributed by atoms with E-state index in [-0.39, 0.29) is 21.2 Å². The van der Waals surface area contributed by atoms with Crippen molar-refractivity contribution in [2.75, 3.05) is 33.4 Å². The molecule has 1 fully saturated rings. The summed E-state index contributed by atoms with van der Waals surface area (Å²) in [6, 6.07) is 14.5. The molecule has 1 aliphatic rings. The first-order valence-corrected chi connectivity index (χ1v) is 15.5. The fourth-order valence-corrected chi connectivity index (χ4v) is 7.10. The maximum absolute atomic E-state index is 13.9.